The van der Waals surface area contributed by atoms with Gasteiger partial charge in [-0.1, -0.05) is 39.3 Å². The lowest BCUT2D eigenvalue weighted by Crippen LogP contribution is -2.66. The maximum atomic E-state index is 12.0. The molecule has 16 nitrogen and oxygen atoms in total. The summed E-state index contributed by atoms with van der Waals surface area (Å²) in [5, 5.41) is 89.8. The fourth-order valence-corrected chi connectivity index (χ4v) is 14.2. The van der Waals surface area contributed by atoms with Gasteiger partial charge in [-0.3, -0.25) is 5.32 Å². The molecule has 9 rings (SSSR count). The molecular weight excluding hydrogens is 794 g/mol. The molecule has 0 aromatic rings. The lowest BCUT2D eigenvalue weighted by molar-refractivity contribution is -0.388. The zero-order valence-corrected chi connectivity index (χ0v) is 36.6. The van der Waals surface area contributed by atoms with Crippen molar-refractivity contribution in [2.45, 2.75) is 209 Å². The number of fused-ring (bicyclic) bond motifs is 7. The zero-order chi connectivity index (χ0) is 43.5. The summed E-state index contributed by atoms with van der Waals surface area (Å²) in [5.41, 5.74) is 1.41. The molecule has 348 valence electrons. The Morgan fingerprint density at radius 1 is 0.705 bits per heavy atom. The van der Waals surface area contributed by atoms with E-state index in [1.807, 2.05) is 0 Å². The van der Waals surface area contributed by atoms with Gasteiger partial charge in [0.15, 0.2) is 18.9 Å². The van der Waals surface area contributed by atoms with Crippen molar-refractivity contribution in [2.24, 2.45) is 46.3 Å². The molecule has 9 N–H and O–H groups in total. The maximum absolute atomic E-state index is 12.0. The van der Waals surface area contributed by atoms with Crippen LogP contribution in [0.15, 0.2) is 11.6 Å². The number of hydrogen-bond acceptors (Lipinski definition) is 16. The quantitative estimate of drug-likeness (QED) is 0.161. The van der Waals surface area contributed by atoms with Crippen molar-refractivity contribution in [3.8, 4) is 0 Å². The molecule has 26 atom stereocenters. The summed E-state index contributed by atoms with van der Waals surface area (Å²) in [6.45, 7) is 13.2. The van der Waals surface area contributed by atoms with Crippen LogP contribution >= 0.6 is 0 Å². The van der Waals surface area contributed by atoms with Crippen LogP contribution in [-0.4, -0.2) is 164 Å². The monoisotopic (exact) mass is 867 g/mol. The molecule has 3 saturated carbocycles. The largest absolute Gasteiger partial charge is 0.394 e. The minimum atomic E-state index is -1.70. The zero-order valence-electron chi connectivity index (χ0n) is 36.6. The topological polar surface area (TPSA) is 238 Å². The van der Waals surface area contributed by atoms with E-state index in [0.29, 0.717) is 54.5 Å². The van der Waals surface area contributed by atoms with Gasteiger partial charge in [0.1, 0.15) is 66.8 Å². The molecule has 0 aromatic carbocycles. The standard InChI is InChI=1S/C45H73NO15/c1-19-9-14-45(46-17-19)20(2)30-28(61-45)16-27-25-8-7-23-15-24(10-12-43(23,5)26(25)11-13-44(27,30)6)57-42-39(60-41-36(53)34(51)32(49)22(4)56-41)37(54)38(29(18-47)58-42)59-40-35(52)33(50)31(48)21(3)55-40/h7,19-22,24-42,46-54H,8-18H2,1-6H3/t19?,20-,21?,22?,24-,25?,26?,27?,28?,29?,30?,31?,32?,33-,34-,35?,36?,37-,38+,39?,40-,41-,42+,43-,44-,45?/m0/s1. The van der Waals surface area contributed by atoms with Crippen LogP contribution in [0.25, 0.3) is 0 Å². The number of hydrogen-bond donors (Lipinski definition) is 9. The molecule has 9 aliphatic rings. The van der Waals surface area contributed by atoms with Gasteiger partial charge in [0.2, 0.25) is 0 Å². The van der Waals surface area contributed by atoms with Gasteiger partial charge in [0, 0.05) is 12.5 Å². The average molecular weight is 868 g/mol. The van der Waals surface area contributed by atoms with Crippen LogP contribution in [-0.2, 0) is 33.2 Å². The smallest absolute Gasteiger partial charge is 0.187 e. The highest BCUT2D eigenvalue weighted by atomic mass is 16.8. The normalized spacial score (nSPS) is 58.4. The number of piperidine rings is 1. The number of aliphatic hydroxyl groups excluding tert-OH is 8. The van der Waals surface area contributed by atoms with E-state index in [0.717, 1.165) is 32.2 Å². The molecule has 5 heterocycles. The Kier molecular flexibility index (Phi) is 12.4. The first-order valence-corrected chi connectivity index (χ1v) is 23.3. The minimum Gasteiger partial charge on any atom is -0.394 e. The van der Waals surface area contributed by atoms with E-state index < -0.39 is 98.7 Å². The number of ether oxygens (including phenoxy) is 7. The molecule has 8 fully saturated rings. The fourth-order valence-electron chi connectivity index (χ4n) is 14.2. The van der Waals surface area contributed by atoms with Crippen LogP contribution < -0.4 is 5.32 Å². The summed E-state index contributed by atoms with van der Waals surface area (Å²) in [6.07, 6.45) is -9.93. The second-order valence-corrected chi connectivity index (χ2v) is 21.2. The first-order valence-electron chi connectivity index (χ1n) is 23.3. The highest BCUT2D eigenvalue weighted by molar-refractivity contribution is 5.26. The van der Waals surface area contributed by atoms with Crippen LogP contribution in [0.3, 0.4) is 0 Å². The molecule has 0 bridgehead atoms. The number of rotatable bonds is 7. The molecule has 61 heavy (non-hydrogen) atoms. The molecule has 16 heteroatoms. The maximum Gasteiger partial charge on any atom is 0.187 e. The van der Waals surface area contributed by atoms with E-state index in [1.165, 1.54) is 38.7 Å². The Balaban J connectivity index is 0.916. The molecular formula is C45H73NO15. The third-order valence-corrected chi connectivity index (χ3v) is 17.9. The van der Waals surface area contributed by atoms with Gasteiger partial charge in [-0.25, -0.2) is 0 Å². The third-order valence-electron chi connectivity index (χ3n) is 17.9. The molecule has 1 spiro atoms. The lowest BCUT2D eigenvalue weighted by Gasteiger charge is -2.59. The molecule has 15 unspecified atom stereocenters. The van der Waals surface area contributed by atoms with Gasteiger partial charge in [0.25, 0.3) is 0 Å². The number of allylic oxidation sites excluding steroid dienone is 1. The van der Waals surface area contributed by atoms with Gasteiger partial charge < -0.3 is 74.0 Å². The van der Waals surface area contributed by atoms with Crippen LogP contribution in [0.1, 0.15) is 99.3 Å². The minimum absolute atomic E-state index is 0.00472. The first kappa shape index (κ1) is 45.3. The Hall–Kier alpha value is -0.900. The second kappa shape index (κ2) is 16.8. The lowest BCUT2D eigenvalue weighted by atomic mass is 9.47. The molecule has 5 saturated heterocycles. The van der Waals surface area contributed by atoms with Crippen molar-refractivity contribution < 1.29 is 74.0 Å². The Labute approximate surface area is 359 Å². The van der Waals surface area contributed by atoms with Gasteiger partial charge in [-0.2, -0.15) is 0 Å². The van der Waals surface area contributed by atoms with Gasteiger partial charge >= 0.3 is 0 Å². The Bertz CT molecular complexity index is 1600. The van der Waals surface area contributed by atoms with Gasteiger partial charge in [-0.15, -0.1) is 0 Å². The molecule has 5 aliphatic heterocycles. The fraction of sp³-hybridized carbons (Fsp3) is 0.956. The van der Waals surface area contributed by atoms with E-state index >= 15 is 0 Å². The highest BCUT2D eigenvalue weighted by Crippen LogP contribution is 2.70. The van der Waals surface area contributed by atoms with Crippen LogP contribution in [0.2, 0.25) is 0 Å². The molecule has 0 amide bonds. The highest BCUT2D eigenvalue weighted by Gasteiger charge is 2.68. The SMILES string of the molecule is CC1CCC2(NC1)OC1CC3C4CC=C5C[C@@H](O[C@@H]6OC(CO)[C@@H](O[C@@H]7OC(C)C(O)[C@H](O)C7O)[C@H](O)C6O[C@@H]6OC(C)C(O)[C@H](O)C6O)CC[C@]5(C)C4CC[C@]3(C)C1[C@@H]2C. The second-order valence-electron chi connectivity index (χ2n) is 21.2. The van der Waals surface area contributed by atoms with Crippen molar-refractivity contribution in [2.75, 3.05) is 13.2 Å². The molecule has 0 aromatic heterocycles. The van der Waals surface area contributed by atoms with Gasteiger partial charge in [0.05, 0.1) is 31.0 Å². The molecule has 0 radical (unpaired) electrons. The van der Waals surface area contributed by atoms with Crippen LogP contribution in [0.4, 0.5) is 0 Å². The molecule has 4 aliphatic carbocycles. The van der Waals surface area contributed by atoms with Crippen LogP contribution in [0.5, 0.6) is 0 Å². The average Bonchev–Trinajstić information content (AvgIpc) is 3.69. The summed E-state index contributed by atoms with van der Waals surface area (Å²) >= 11 is 0. The Morgan fingerprint density at radius 3 is 1.98 bits per heavy atom. The van der Waals surface area contributed by atoms with Crippen molar-refractivity contribution in [1.82, 2.24) is 5.32 Å². The summed E-state index contributed by atoms with van der Waals surface area (Å²) in [5.74, 6) is 3.43. The van der Waals surface area contributed by atoms with E-state index in [1.54, 1.807) is 0 Å². The van der Waals surface area contributed by atoms with Crippen molar-refractivity contribution in [1.29, 1.82) is 0 Å². The van der Waals surface area contributed by atoms with Gasteiger partial charge in [-0.05, 0) is 112 Å². The predicted octanol–water partition coefficient (Wildman–Crippen LogP) is 0.815. The summed E-state index contributed by atoms with van der Waals surface area (Å²) in [7, 11) is 0. The number of aliphatic hydroxyl groups is 8. The van der Waals surface area contributed by atoms with E-state index in [2.05, 4.69) is 39.1 Å². The van der Waals surface area contributed by atoms with Crippen LogP contribution in [0, 0.1) is 46.3 Å². The van der Waals surface area contributed by atoms with Crippen molar-refractivity contribution in [3.05, 3.63) is 11.6 Å². The van der Waals surface area contributed by atoms with Crippen molar-refractivity contribution in [3.63, 3.8) is 0 Å². The van der Waals surface area contributed by atoms with E-state index in [-0.39, 0.29) is 22.7 Å². The summed E-state index contributed by atoms with van der Waals surface area (Å²) < 4.78 is 43.7. The van der Waals surface area contributed by atoms with Crippen molar-refractivity contribution >= 4 is 0 Å². The summed E-state index contributed by atoms with van der Waals surface area (Å²) in [4.78, 5) is 0. The first-order chi connectivity index (χ1) is 28.9. The Morgan fingerprint density at radius 2 is 1.36 bits per heavy atom. The van der Waals surface area contributed by atoms with E-state index in [9.17, 15) is 40.9 Å². The predicted molar refractivity (Wildman–Crippen MR) is 215 cm³/mol. The third kappa shape index (κ3) is 7.42. The summed E-state index contributed by atoms with van der Waals surface area (Å²) in [6, 6.07) is 0. The number of nitrogens with one attached hydrogen (secondary N) is 1. The van der Waals surface area contributed by atoms with E-state index in [4.69, 9.17) is 33.2 Å².